The summed E-state index contributed by atoms with van der Waals surface area (Å²) in [6.07, 6.45) is 1.04. The van der Waals surface area contributed by atoms with E-state index >= 15 is 0 Å². The van der Waals surface area contributed by atoms with Gasteiger partial charge < -0.3 is 4.90 Å². The van der Waals surface area contributed by atoms with E-state index in [4.69, 9.17) is 0 Å². The van der Waals surface area contributed by atoms with E-state index in [0.717, 1.165) is 24.0 Å². The molecule has 0 fully saturated rings. The number of hydrogen-bond acceptors (Lipinski definition) is 3. The Bertz CT molecular complexity index is 729. The zero-order valence-electron chi connectivity index (χ0n) is 11.4. The maximum absolute atomic E-state index is 4.65. The van der Waals surface area contributed by atoms with Crippen molar-refractivity contribution in [2.24, 2.45) is 0 Å². The fourth-order valence-corrected chi connectivity index (χ4v) is 2.96. The smallest absolute Gasteiger partial charge is 0.113 e. The summed E-state index contributed by atoms with van der Waals surface area (Å²) >= 11 is 0. The Morgan fingerprint density at radius 1 is 0.950 bits per heavy atom. The van der Waals surface area contributed by atoms with E-state index in [2.05, 4.69) is 46.4 Å². The molecule has 100 valence electrons. The number of fused-ring (bicyclic) bond motifs is 2. The molecule has 1 unspecified atom stereocenters. The Morgan fingerprint density at radius 2 is 1.60 bits per heavy atom. The summed E-state index contributed by atoms with van der Waals surface area (Å²) in [6.45, 7) is 1.03. The van der Waals surface area contributed by atoms with Gasteiger partial charge in [-0.1, -0.05) is 30.3 Å². The van der Waals surface area contributed by atoms with Crippen LogP contribution in [0.15, 0.2) is 48.5 Å². The van der Waals surface area contributed by atoms with Crippen LogP contribution in [0, 0.1) is 0 Å². The second-order valence-corrected chi connectivity index (χ2v) is 5.29. The lowest BCUT2D eigenvalue weighted by Crippen LogP contribution is -2.30. The number of anilines is 1. The normalized spacial score (nSPS) is 18.2. The third kappa shape index (κ3) is 1.68. The summed E-state index contributed by atoms with van der Waals surface area (Å²) in [7, 11) is 2.14. The second kappa shape index (κ2) is 4.34. The number of para-hydroxylation sites is 1. The van der Waals surface area contributed by atoms with Gasteiger partial charge in [0.1, 0.15) is 17.1 Å². The minimum atomic E-state index is 0.231. The summed E-state index contributed by atoms with van der Waals surface area (Å²) in [5, 5.41) is 9.29. The first kappa shape index (κ1) is 11.5. The minimum Gasteiger partial charge on any atom is -0.374 e. The molecule has 0 saturated heterocycles. The molecule has 0 N–H and O–H groups in total. The average Bonchev–Trinajstić information content (AvgIpc) is 2.91. The highest BCUT2D eigenvalue weighted by Gasteiger charge is 2.25. The molecule has 20 heavy (non-hydrogen) atoms. The van der Waals surface area contributed by atoms with Gasteiger partial charge >= 0.3 is 0 Å². The van der Waals surface area contributed by atoms with E-state index in [1.165, 1.54) is 11.3 Å². The molecular formula is C16H16N4. The van der Waals surface area contributed by atoms with Crippen molar-refractivity contribution in [2.75, 3.05) is 18.5 Å². The van der Waals surface area contributed by atoms with E-state index in [-0.39, 0.29) is 6.04 Å². The van der Waals surface area contributed by atoms with Crippen molar-refractivity contribution >= 4 is 16.7 Å². The molecule has 4 rings (SSSR count). The van der Waals surface area contributed by atoms with Gasteiger partial charge in [-0.2, -0.15) is 15.0 Å². The van der Waals surface area contributed by atoms with E-state index in [1.807, 2.05) is 29.1 Å². The molecule has 1 aromatic heterocycles. The fraction of sp³-hybridized carbons (Fsp3) is 0.250. The van der Waals surface area contributed by atoms with Crippen LogP contribution in [0.25, 0.3) is 11.0 Å². The molecule has 0 aliphatic carbocycles. The Hall–Kier alpha value is -2.36. The summed E-state index contributed by atoms with van der Waals surface area (Å²) < 4.78 is 0. The predicted molar refractivity (Wildman–Crippen MR) is 80.0 cm³/mol. The Kier molecular flexibility index (Phi) is 2.49. The van der Waals surface area contributed by atoms with E-state index < -0.39 is 0 Å². The predicted octanol–water partition coefficient (Wildman–Crippen LogP) is 2.86. The lowest BCUT2D eigenvalue weighted by molar-refractivity contribution is 0.430. The van der Waals surface area contributed by atoms with Crippen molar-refractivity contribution in [3.8, 4) is 0 Å². The quantitative estimate of drug-likeness (QED) is 0.677. The van der Waals surface area contributed by atoms with Crippen LogP contribution in [0.2, 0.25) is 0 Å². The molecule has 3 aromatic rings. The highest BCUT2D eigenvalue weighted by Crippen LogP contribution is 2.34. The van der Waals surface area contributed by atoms with E-state index in [9.17, 15) is 0 Å². The van der Waals surface area contributed by atoms with Gasteiger partial charge in [0.05, 0.1) is 0 Å². The summed E-state index contributed by atoms with van der Waals surface area (Å²) in [5.74, 6) is 0. The third-order valence-corrected chi connectivity index (χ3v) is 4.03. The molecule has 4 nitrogen and oxygen atoms in total. The third-order valence-electron chi connectivity index (χ3n) is 4.03. The number of hydrogen-bond donors (Lipinski definition) is 0. The molecular weight excluding hydrogens is 248 g/mol. The van der Waals surface area contributed by atoms with Gasteiger partial charge in [-0.25, -0.2) is 0 Å². The van der Waals surface area contributed by atoms with Crippen LogP contribution < -0.4 is 4.90 Å². The van der Waals surface area contributed by atoms with Crippen LogP contribution in [0.1, 0.15) is 18.0 Å². The number of nitrogens with zero attached hydrogens (tertiary/aromatic N) is 4. The lowest BCUT2D eigenvalue weighted by Gasteiger charge is -2.32. The summed E-state index contributed by atoms with van der Waals surface area (Å²) in [6, 6.07) is 16.8. The van der Waals surface area contributed by atoms with Crippen LogP contribution in [0.5, 0.6) is 0 Å². The van der Waals surface area contributed by atoms with Gasteiger partial charge in [0.15, 0.2) is 0 Å². The van der Waals surface area contributed by atoms with Crippen molar-refractivity contribution in [2.45, 2.75) is 12.5 Å². The van der Waals surface area contributed by atoms with E-state index in [1.54, 1.807) is 0 Å². The lowest BCUT2D eigenvalue weighted by atomic mass is 9.97. The molecule has 2 heterocycles. The number of rotatable bonds is 1. The van der Waals surface area contributed by atoms with Gasteiger partial charge in [-0.15, -0.1) is 0 Å². The molecule has 0 radical (unpaired) electrons. The van der Waals surface area contributed by atoms with Crippen LogP contribution in [-0.2, 0) is 0 Å². The average molecular weight is 264 g/mol. The minimum absolute atomic E-state index is 0.231. The van der Waals surface area contributed by atoms with Gasteiger partial charge in [-0.3, -0.25) is 0 Å². The topological polar surface area (TPSA) is 34.0 Å². The highest BCUT2D eigenvalue weighted by molar-refractivity contribution is 5.73. The number of benzene rings is 2. The van der Waals surface area contributed by atoms with Crippen LogP contribution in [0.3, 0.4) is 0 Å². The first-order valence-corrected chi connectivity index (χ1v) is 6.94. The zero-order valence-corrected chi connectivity index (χ0v) is 11.4. The Balaban J connectivity index is 1.84. The van der Waals surface area contributed by atoms with Crippen molar-refractivity contribution < 1.29 is 0 Å². The van der Waals surface area contributed by atoms with Gasteiger partial charge in [0.2, 0.25) is 0 Å². The highest BCUT2D eigenvalue weighted by atomic mass is 15.5. The van der Waals surface area contributed by atoms with Crippen molar-refractivity contribution in [3.05, 3.63) is 54.1 Å². The fourth-order valence-electron chi connectivity index (χ4n) is 2.96. The second-order valence-electron chi connectivity index (χ2n) is 5.29. The first-order valence-electron chi connectivity index (χ1n) is 6.94. The van der Waals surface area contributed by atoms with Crippen LogP contribution in [-0.4, -0.2) is 28.6 Å². The SMILES string of the molecule is CN1CCC(n2nc3ccccc3n2)c2ccccc21. The maximum atomic E-state index is 4.65. The molecule has 0 bridgehead atoms. The first-order chi connectivity index (χ1) is 9.83. The Labute approximate surface area is 117 Å². The maximum Gasteiger partial charge on any atom is 0.113 e. The largest absolute Gasteiger partial charge is 0.374 e. The van der Waals surface area contributed by atoms with Crippen molar-refractivity contribution in [1.29, 1.82) is 0 Å². The van der Waals surface area contributed by atoms with Gasteiger partial charge in [0, 0.05) is 24.8 Å². The van der Waals surface area contributed by atoms with Gasteiger partial charge in [-0.05, 0) is 24.6 Å². The molecule has 0 saturated carbocycles. The monoisotopic (exact) mass is 264 g/mol. The molecule has 1 atom stereocenters. The molecule has 2 aromatic carbocycles. The van der Waals surface area contributed by atoms with E-state index in [0.29, 0.717) is 0 Å². The number of aromatic nitrogens is 3. The summed E-state index contributed by atoms with van der Waals surface area (Å²) in [4.78, 5) is 4.19. The zero-order chi connectivity index (χ0) is 13.5. The van der Waals surface area contributed by atoms with Crippen LogP contribution in [0.4, 0.5) is 5.69 Å². The molecule has 1 aliphatic heterocycles. The van der Waals surface area contributed by atoms with Crippen LogP contribution >= 0.6 is 0 Å². The Morgan fingerprint density at radius 3 is 2.35 bits per heavy atom. The molecule has 0 amide bonds. The van der Waals surface area contributed by atoms with Gasteiger partial charge in [0.25, 0.3) is 0 Å². The summed E-state index contributed by atoms with van der Waals surface area (Å²) in [5.41, 5.74) is 4.51. The van der Waals surface area contributed by atoms with Crippen molar-refractivity contribution in [3.63, 3.8) is 0 Å². The molecule has 1 aliphatic rings. The van der Waals surface area contributed by atoms with Crippen molar-refractivity contribution in [1.82, 2.24) is 15.0 Å². The standard InChI is InChI=1S/C16H16N4/c1-19-11-10-16(12-6-2-5-9-15(12)19)20-17-13-7-3-4-8-14(13)18-20/h2-9,16H,10-11H2,1H3. The molecule has 4 heteroatoms. The molecule has 0 spiro atoms.